The number of allylic oxidation sites excluding steroid dienone is 1. The zero-order valence-electron chi connectivity index (χ0n) is 15.6. The summed E-state index contributed by atoms with van der Waals surface area (Å²) in [6, 6.07) is 10.2. The van der Waals surface area contributed by atoms with Gasteiger partial charge >= 0.3 is 0 Å². The second-order valence-corrected chi connectivity index (χ2v) is 7.46. The highest BCUT2D eigenvalue weighted by atomic mass is 32.1. The third kappa shape index (κ3) is 3.96. The van der Waals surface area contributed by atoms with Gasteiger partial charge < -0.3 is 0 Å². The molecular weight excluding hydrogens is 370 g/mol. The van der Waals surface area contributed by atoms with Crippen LogP contribution in [0.15, 0.2) is 54.0 Å². The van der Waals surface area contributed by atoms with Crippen LogP contribution in [0.2, 0.25) is 0 Å². The van der Waals surface area contributed by atoms with Gasteiger partial charge in [-0.15, -0.1) is 16.4 Å². The minimum absolute atomic E-state index is 0.695. The molecule has 0 amide bonds. The molecule has 0 spiro atoms. The standard InChI is InChI=1S/C20H19N7S/c1-14-15(2)28-20-18(14)19(21-13-22-20)25-23-10-6-9-17-12-27(26-24-17)11-16-7-4-3-5-8-16/h3-10,12-13H,11H2,1-2H3,(H,21,22,25)/b9-6+,23-10-. The van der Waals surface area contributed by atoms with E-state index in [1.807, 2.05) is 41.2 Å². The van der Waals surface area contributed by atoms with Crippen molar-refractivity contribution < 1.29 is 0 Å². The van der Waals surface area contributed by atoms with E-state index < -0.39 is 0 Å². The van der Waals surface area contributed by atoms with Crippen molar-refractivity contribution in [2.24, 2.45) is 5.10 Å². The maximum atomic E-state index is 4.32. The SMILES string of the molecule is Cc1sc2ncnc(N/N=C\C=C\c3cn(Cc4ccccc4)nn3)c2c1C. The average molecular weight is 389 g/mol. The minimum Gasteiger partial charge on any atom is -0.261 e. The first-order valence-electron chi connectivity index (χ1n) is 8.81. The third-order valence-electron chi connectivity index (χ3n) is 4.31. The predicted molar refractivity (Wildman–Crippen MR) is 114 cm³/mol. The van der Waals surface area contributed by atoms with E-state index >= 15 is 0 Å². The van der Waals surface area contributed by atoms with E-state index in [9.17, 15) is 0 Å². The number of nitrogens with zero attached hydrogens (tertiary/aromatic N) is 6. The van der Waals surface area contributed by atoms with Crippen molar-refractivity contribution in [1.29, 1.82) is 0 Å². The molecule has 1 aromatic carbocycles. The van der Waals surface area contributed by atoms with Crippen molar-refractivity contribution in [2.75, 3.05) is 5.43 Å². The molecule has 140 valence electrons. The zero-order chi connectivity index (χ0) is 19.3. The number of aromatic nitrogens is 5. The average Bonchev–Trinajstić information content (AvgIpc) is 3.27. The van der Waals surface area contributed by atoms with Crippen LogP contribution in [0.4, 0.5) is 5.82 Å². The van der Waals surface area contributed by atoms with Crippen molar-refractivity contribution in [3.8, 4) is 0 Å². The maximum absolute atomic E-state index is 4.32. The lowest BCUT2D eigenvalue weighted by Gasteiger charge is -2.01. The molecule has 0 aliphatic rings. The molecule has 0 radical (unpaired) electrons. The van der Waals surface area contributed by atoms with Crippen LogP contribution in [0, 0.1) is 13.8 Å². The van der Waals surface area contributed by atoms with Gasteiger partial charge in [-0.3, -0.25) is 5.43 Å². The van der Waals surface area contributed by atoms with Gasteiger partial charge in [-0.05, 0) is 37.1 Å². The topological polar surface area (TPSA) is 80.9 Å². The number of benzene rings is 1. The lowest BCUT2D eigenvalue weighted by Crippen LogP contribution is -1.99. The van der Waals surface area contributed by atoms with Crippen LogP contribution >= 0.6 is 11.3 Å². The molecule has 4 aromatic rings. The molecule has 28 heavy (non-hydrogen) atoms. The predicted octanol–water partition coefficient (Wildman–Crippen LogP) is 4.06. The molecule has 0 aliphatic heterocycles. The largest absolute Gasteiger partial charge is 0.261 e. The number of thiophene rings is 1. The Morgan fingerprint density at radius 2 is 2.04 bits per heavy atom. The molecule has 7 nitrogen and oxygen atoms in total. The molecule has 3 heterocycles. The van der Waals surface area contributed by atoms with Crippen molar-refractivity contribution in [2.45, 2.75) is 20.4 Å². The molecule has 0 aliphatic carbocycles. The Hall–Kier alpha value is -3.39. The summed E-state index contributed by atoms with van der Waals surface area (Å²) in [5.74, 6) is 0.713. The molecule has 0 saturated heterocycles. The molecule has 0 saturated carbocycles. The Morgan fingerprint density at radius 1 is 1.18 bits per heavy atom. The summed E-state index contributed by atoms with van der Waals surface area (Å²) in [4.78, 5) is 10.8. The summed E-state index contributed by atoms with van der Waals surface area (Å²) in [6.45, 7) is 4.86. The van der Waals surface area contributed by atoms with Gasteiger partial charge in [0.05, 0.1) is 18.1 Å². The normalized spacial score (nSPS) is 11.8. The number of fused-ring (bicyclic) bond motifs is 1. The second kappa shape index (κ2) is 8.10. The number of nitrogens with one attached hydrogen (secondary N) is 1. The van der Waals surface area contributed by atoms with Crippen LogP contribution < -0.4 is 5.43 Å². The minimum atomic E-state index is 0.695. The molecule has 0 unspecified atom stereocenters. The number of hydrazone groups is 1. The Kier molecular flexibility index (Phi) is 5.20. The van der Waals surface area contributed by atoms with Gasteiger partial charge in [0.25, 0.3) is 0 Å². The first kappa shape index (κ1) is 18.0. The van der Waals surface area contributed by atoms with Crippen LogP contribution in [0.1, 0.15) is 21.7 Å². The first-order chi connectivity index (χ1) is 13.7. The quantitative estimate of drug-likeness (QED) is 0.397. The van der Waals surface area contributed by atoms with Crippen LogP contribution in [0.25, 0.3) is 16.3 Å². The first-order valence-corrected chi connectivity index (χ1v) is 9.63. The number of hydrogen-bond donors (Lipinski definition) is 1. The van der Waals surface area contributed by atoms with Crippen molar-refractivity contribution in [3.63, 3.8) is 0 Å². The van der Waals surface area contributed by atoms with Gasteiger partial charge in [0.2, 0.25) is 0 Å². The molecule has 0 bridgehead atoms. The molecular formula is C20H19N7S. The Bertz CT molecular complexity index is 1140. The number of hydrogen-bond acceptors (Lipinski definition) is 7. The van der Waals surface area contributed by atoms with E-state index in [4.69, 9.17) is 0 Å². The monoisotopic (exact) mass is 389 g/mol. The highest BCUT2D eigenvalue weighted by Gasteiger charge is 2.10. The van der Waals surface area contributed by atoms with Crippen LogP contribution in [-0.2, 0) is 6.54 Å². The lowest BCUT2D eigenvalue weighted by atomic mass is 10.2. The molecule has 0 atom stereocenters. The van der Waals surface area contributed by atoms with Crippen molar-refractivity contribution in [3.05, 3.63) is 70.6 Å². The molecule has 3 aromatic heterocycles. The van der Waals surface area contributed by atoms with Gasteiger partial charge in [0, 0.05) is 11.1 Å². The Balaban J connectivity index is 1.39. The van der Waals surface area contributed by atoms with Crippen molar-refractivity contribution >= 4 is 39.7 Å². The highest BCUT2D eigenvalue weighted by Crippen LogP contribution is 2.32. The summed E-state index contributed by atoms with van der Waals surface area (Å²) in [7, 11) is 0. The summed E-state index contributed by atoms with van der Waals surface area (Å²) < 4.78 is 1.81. The molecule has 4 rings (SSSR count). The number of rotatable bonds is 6. The summed E-state index contributed by atoms with van der Waals surface area (Å²) >= 11 is 1.66. The number of anilines is 1. The van der Waals surface area contributed by atoms with Crippen LogP contribution in [0.5, 0.6) is 0 Å². The van der Waals surface area contributed by atoms with Gasteiger partial charge in [-0.2, -0.15) is 5.10 Å². The second-order valence-electron chi connectivity index (χ2n) is 6.26. The third-order valence-corrected chi connectivity index (χ3v) is 5.42. The summed E-state index contributed by atoms with van der Waals surface area (Å²) in [5.41, 5.74) is 6.14. The summed E-state index contributed by atoms with van der Waals surface area (Å²) in [5, 5.41) is 13.5. The van der Waals surface area contributed by atoms with E-state index in [2.05, 4.69) is 56.8 Å². The maximum Gasteiger partial charge on any atom is 0.158 e. The van der Waals surface area contributed by atoms with E-state index in [1.54, 1.807) is 23.9 Å². The highest BCUT2D eigenvalue weighted by molar-refractivity contribution is 7.18. The Morgan fingerprint density at radius 3 is 2.89 bits per heavy atom. The lowest BCUT2D eigenvalue weighted by molar-refractivity contribution is 0.649. The fourth-order valence-electron chi connectivity index (χ4n) is 2.79. The van der Waals surface area contributed by atoms with Crippen molar-refractivity contribution in [1.82, 2.24) is 25.0 Å². The molecule has 0 fully saturated rings. The number of aryl methyl sites for hydroxylation is 2. The zero-order valence-corrected chi connectivity index (χ0v) is 16.4. The molecule has 8 heteroatoms. The van der Waals surface area contributed by atoms with E-state index in [1.165, 1.54) is 16.0 Å². The van der Waals surface area contributed by atoms with E-state index in [0.29, 0.717) is 12.4 Å². The van der Waals surface area contributed by atoms with Gasteiger partial charge in [0.15, 0.2) is 5.82 Å². The smallest absolute Gasteiger partial charge is 0.158 e. The fourth-order valence-corrected chi connectivity index (χ4v) is 3.78. The van der Waals surface area contributed by atoms with E-state index in [-0.39, 0.29) is 0 Å². The summed E-state index contributed by atoms with van der Waals surface area (Å²) in [6.07, 6.45) is 8.79. The van der Waals surface area contributed by atoms with Gasteiger partial charge in [0.1, 0.15) is 16.9 Å². The Labute approximate surface area is 166 Å². The van der Waals surface area contributed by atoms with Gasteiger partial charge in [-0.1, -0.05) is 35.5 Å². The van der Waals surface area contributed by atoms with Gasteiger partial charge in [-0.25, -0.2) is 14.6 Å². The van der Waals surface area contributed by atoms with Crippen LogP contribution in [-0.4, -0.2) is 31.2 Å². The van der Waals surface area contributed by atoms with Crippen LogP contribution in [0.3, 0.4) is 0 Å². The van der Waals surface area contributed by atoms with E-state index in [0.717, 1.165) is 15.9 Å². The molecule has 1 N–H and O–H groups in total. The fraction of sp³-hybridized carbons (Fsp3) is 0.150.